The second-order valence-electron chi connectivity index (χ2n) is 3.38. The molecular weight excluding hydrogens is 272 g/mol. The molecule has 0 saturated carbocycles. The first-order chi connectivity index (χ1) is 8.61. The zero-order chi connectivity index (χ0) is 13.1. The van der Waals surface area contributed by atoms with Gasteiger partial charge in [0.05, 0.1) is 12.8 Å². The van der Waals surface area contributed by atoms with E-state index in [1.807, 2.05) is 16.8 Å². The van der Waals surface area contributed by atoms with Gasteiger partial charge in [-0.05, 0) is 11.4 Å². The highest BCUT2D eigenvalue weighted by Gasteiger charge is 2.21. The van der Waals surface area contributed by atoms with Crippen molar-refractivity contribution in [2.75, 3.05) is 12.4 Å². The van der Waals surface area contributed by atoms with Gasteiger partial charge in [0, 0.05) is 12.3 Å². The van der Waals surface area contributed by atoms with Crippen molar-refractivity contribution in [3.63, 3.8) is 0 Å². The Morgan fingerprint density at radius 2 is 2.22 bits per heavy atom. The summed E-state index contributed by atoms with van der Waals surface area (Å²) in [5, 5.41) is 7.36. The van der Waals surface area contributed by atoms with Crippen molar-refractivity contribution >= 4 is 45.2 Å². The zero-order valence-corrected chi connectivity index (χ0v) is 11.4. The maximum Gasteiger partial charge on any atom is 0.358 e. The third-order valence-electron chi connectivity index (χ3n) is 2.10. The summed E-state index contributed by atoms with van der Waals surface area (Å²) in [6.45, 7) is 1.40. The van der Waals surface area contributed by atoms with Crippen LogP contribution in [0, 0.1) is 0 Å². The van der Waals surface area contributed by atoms with Gasteiger partial charge in [0.25, 0.3) is 0 Å². The molecule has 0 aliphatic heterocycles. The van der Waals surface area contributed by atoms with Gasteiger partial charge >= 0.3 is 5.97 Å². The molecule has 2 aromatic heterocycles. The highest BCUT2D eigenvalue weighted by Crippen LogP contribution is 2.27. The van der Waals surface area contributed by atoms with E-state index >= 15 is 0 Å². The summed E-state index contributed by atoms with van der Waals surface area (Å²) in [5.41, 5.74) is 0.938. The van der Waals surface area contributed by atoms with E-state index in [4.69, 9.17) is 0 Å². The topological polar surface area (TPSA) is 68.3 Å². The van der Waals surface area contributed by atoms with Gasteiger partial charge in [0.15, 0.2) is 16.6 Å². The number of carbonyl (C=O) groups excluding carboxylic acids is 2. The van der Waals surface area contributed by atoms with Crippen molar-refractivity contribution in [3.05, 3.63) is 27.4 Å². The Balaban J connectivity index is 2.33. The Bertz CT molecular complexity index is 575. The Kier molecular flexibility index (Phi) is 3.73. The molecule has 2 aromatic rings. The first-order valence-electron chi connectivity index (χ1n) is 5.01. The minimum atomic E-state index is -0.602. The Morgan fingerprint density at radius 3 is 2.78 bits per heavy atom. The summed E-state index contributed by atoms with van der Waals surface area (Å²) in [5.74, 6) is -0.805. The lowest BCUT2D eigenvalue weighted by Gasteiger charge is -1.96. The van der Waals surface area contributed by atoms with E-state index in [1.165, 1.54) is 14.0 Å². The van der Waals surface area contributed by atoms with Crippen molar-refractivity contribution < 1.29 is 14.3 Å². The fraction of sp³-hybridized carbons (Fsp3) is 0.182. The van der Waals surface area contributed by atoms with Crippen LogP contribution in [0.5, 0.6) is 0 Å². The molecule has 0 amide bonds. The molecule has 0 saturated heterocycles. The number of thiazole rings is 1. The molecule has 94 valence electrons. The molecule has 2 heterocycles. The molecule has 0 aliphatic rings. The number of anilines is 2. The van der Waals surface area contributed by atoms with Crippen LogP contribution in [-0.4, -0.2) is 23.8 Å². The van der Waals surface area contributed by atoms with Gasteiger partial charge in [0.2, 0.25) is 0 Å². The number of methoxy groups -OCH3 is 1. The molecule has 0 unspecified atom stereocenters. The van der Waals surface area contributed by atoms with E-state index < -0.39 is 5.97 Å². The number of hydrogen-bond acceptors (Lipinski definition) is 7. The standard InChI is InChI=1S/C11H10N2O3S2/c1-6(14)9-8(10(15)16-2)13-11(18-9)12-7-3-4-17-5-7/h3-5H,1-2H3,(H,12,13). The van der Waals surface area contributed by atoms with Crippen LogP contribution in [-0.2, 0) is 4.74 Å². The van der Waals surface area contributed by atoms with Crippen molar-refractivity contribution in [3.8, 4) is 0 Å². The number of thiophene rings is 1. The van der Waals surface area contributed by atoms with Gasteiger partial charge in [-0.2, -0.15) is 11.3 Å². The van der Waals surface area contributed by atoms with Gasteiger partial charge in [0.1, 0.15) is 4.88 Å². The van der Waals surface area contributed by atoms with Crippen LogP contribution in [0.4, 0.5) is 10.8 Å². The van der Waals surface area contributed by atoms with Crippen molar-refractivity contribution in [1.82, 2.24) is 4.98 Å². The molecule has 0 atom stereocenters. The summed E-state index contributed by atoms with van der Waals surface area (Å²) in [6.07, 6.45) is 0. The molecule has 18 heavy (non-hydrogen) atoms. The third kappa shape index (κ3) is 2.57. The number of carbonyl (C=O) groups is 2. The molecule has 0 bridgehead atoms. The second-order valence-corrected chi connectivity index (χ2v) is 5.16. The predicted molar refractivity (Wildman–Crippen MR) is 71.1 cm³/mol. The van der Waals surface area contributed by atoms with Crippen molar-refractivity contribution in [2.24, 2.45) is 0 Å². The van der Waals surface area contributed by atoms with Crippen LogP contribution in [0.15, 0.2) is 16.8 Å². The van der Waals surface area contributed by atoms with Crippen LogP contribution in [0.25, 0.3) is 0 Å². The molecule has 0 fully saturated rings. The first-order valence-corrected chi connectivity index (χ1v) is 6.77. The number of hydrogen-bond donors (Lipinski definition) is 1. The van der Waals surface area contributed by atoms with Gasteiger partial charge in [-0.25, -0.2) is 9.78 Å². The maximum absolute atomic E-state index is 11.5. The highest BCUT2D eigenvalue weighted by molar-refractivity contribution is 7.18. The molecule has 1 N–H and O–H groups in total. The van der Waals surface area contributed by atoms with E-state index in [-0.39, 0.29) is 11.5 Å². The first kappa shape index (κ1) is 12.7. The lowest BCUT2D eigenvalue weighted by atomic mass is 10.3. The fourth-order valence-electron chi connectivity index (χ4n) is 1.31. The van der Waals surface area contributed by atoms with Gasteiger partial charge in [-0.15, -0.1) is 0 Å². The van der Waals surface area contributed by atoms with Gasteiger partial charge in [-0.3, -0.25) is 4.79 Å². The molecule has 0 aliphatic carbocycles. The number of ether oxygens (including phenoxy) is 1. The highest BCUT2D eigenvalue weighted by atomic mass is 32.1. The average molecular weight is 282 g/mol. The smallest absolute Gasteiger partial charge is 0.358 e. The lowest BCUT2D eigenvalue weighted by Crippen LogP contribution is -2.07. The molecule has 2 rings (SSSR count). The van der Waals surface area contributed by atoms with Crippen molar-refractivity contribution in [2.45, 2.75) is 6.92 Å². The number of aromatic nitrogens is 1. The number of esters is 1. The summed E-state index contributed by atoms with van der Waals surface area (Å²) in [7, 11) is 1.26. The molecular formula is C11H10N2O3S2. The van der Waals surface area contributed by atoms with Gasteiger partial charge < -0.3 is 10.1 Å². The number of rotatable bonds is 4. The fourth-order valence-corrected chi connectivity index (χ4v) is 2.76. The quantitative estimate of drug-likeness (QED) is 0.689. The predicted octanol–water partition coefficient (Wildman–Crippen LogP) is 2.94. The molecule has 0 radical (unpaired) electrons. The number of ketones is 1. The summed E-state index contributed by atoms with van der Waals surface area (Å²) in [6, 6.07) is 1.89. The normalized spacial score (nSPS) is 10.1. The van der Waals surface area contributed by atoms with Crippen LogP contribution in [0.2, 0.25) is 0 Å². The van der Waals surface area contributed by atoms with Crippen LogP contribution < -0.4 is 5.32 Å². The zero-order valence-electron chi connectivity index (χ0n) is 9.72. The number of nitrogens with one attached hydrogen (secondary N) is 1. The lowest BCUT2D eigenvalue weighted by molar-refractivity contribution is 0.0591. The minimum Gasteiger partial charge on any atom is -0.464 e. The Morgan fingerprint density at radius 1 is 1.44 bits per heavy atom. The number of nitrogens with zero attached hydrogens (tertiary/aromatic N) is 1. The van der Waals surface area contributed by atoms with Crippen LogP contribution >= 0.6 is 22.7 Å². The van der Waals surface area contributed by atoms with Crippen molar-refractivity contribution in [1.29, 1.82) is 0 Å². The summed E-state index contributed by atoms with van der Waals surface area (Å²) < 4.78 is 4.60. The van der Waals surface area contributed by atoms with E-state index in [0.717, 1.165) is 17.0 Å². The molecule has 0 aromatic carbocycles. The third-order valence-corrected chi connectivity index (χ3v) is 3.85. The maximum atomic E-state index is 11.5. The molecule has 0 spiro atoms. The van der Waals surface area contributed by atoms with E-state index in [1.54, 1.807) is 11.3 Å². The van der Waals surface area contributed by atoms with E-state index in [2.05, 4.69) is 15.0 Å². The van der Waals surface area contributed by atoms with Crippen LogP contribution in [0.1, 0.15) is 27.1 Å². The number of Topliss-reactive ketones (excluding diaryl/α,β-unsaturated/α-hetero) is 1. The molecule has 7 heteroatoms. The van der Waals surface area contributed by atoms with E-state index in [9.17, 15) is 9.59 Å². The SMILES string of the molecule is COC(=O)c1nc(Nc2ccsc2)sc1C(C)=O. The van der Waals surface area contributed by atoms with Crippen LogP contribution in [0.3, 0.4) is 0 Å². The second kappa shape index (κ2) is 5.28. The van der Waals surface area contributed by atoms with E-state index in [0.29, 0.717) is 10.0 Å². The minimum absolute atomic E-state index is 0.0627. The average Bonchev–Trinajstić information content (AvgIpc) is 2.97. The Labute approximate surface area is 111 Å². The monoisotopic (exact) mass is 282 g/mol. The Hall–Kier alpha value is -1.73. The largest absolute Gasteiger partial charge is 0.464 e. The van der Waals surface area contributed by atoms with Gasteiger partial charge in [-0.1, -0.05) is 11.3 Å². The summed E-state index contributed by atoms with van der Waals surface area (Å²) >= 11 is 2.68. The summed E-state index contributed by atoms with van der Waals surface area (Å²) in [4.78, 5) is 27.3. The molecule has 5 nitrogen and oxygen atoms in total.